The second-order valence-electron chi connectivity index (χ2n) is 7.30. The van der Waals surface area contributed by atoms with Gasteiger partial charge < -0.3 is 0 Å². The molecule has 0 atom stereocenters. The number of rotatable bonds is 3. The van der Waals surface area contributed by atoms with Gasteiger partial charge in [-0.3, -0.25) is 0 Å². The fourth-order valence-electron chi connectivity index (χ4n) is 3.43. The summed E-state index contributed by atoms with van der Waals surface area (Å²) < 4.78 is 0. The Bertz CT molecular complexity index is 740. The molecule has 0 aliphatic carbocycles. The molecule has 132 valence electrons. The molecule has 0 saturated heterocycles. The van der Waals surface area contributed by atoms with E-state index in [1.54, 1.807) is 5.56 Å². The van der Waals surface area contributed by atoms with Crippen molar-refractivity contribution in [1.29, 1.82) is 0 Å². The van der Waals surface area contributed by atoms with Gasteiger partial charge in [0, 0.05) is 0 Å². The molecule has 0 N–H and O–H groups in total. The van der Waals surface area contributed by atoms with Crippen molar-refractivity contribution in [3.63, 3.8) is 0 Å². The first-order chi connectivity index (χ1) is 11.4. The zero-order valence-electron chi connectivity index (χ0n) is 17.0. The fraction of sp³-hybridized carbons (Fsp3) is 0.417. The minimum absolute atomic E-state index is 0. The van der Waals surface area contributed by atoms with E-state index in [9.17, 15) is 0 Å². The Labute approximate surface area is 173 Å². The molecule has 3 rings (SSSR count). The SMILES string of the molecule is CC(C)c1cc2ccccc2[cH-]1.CCCc1c(C)c(C)c(C)[c-]1C.[Zr+2]. The summed E-state index contributed by atoms with van der Waals surface area (Å²) in [4.78, 5) is 0. The van der Waals surface area contributed by atoms with Gasteiger partial charge in [-0.15, -0.1) is 40.6 Å². The molecular weight excluding hydrogens is 379 g/mol. The third-order valence-corrected chi connectivity index (χ3v) is 5.40. The first-order valence-electron chi connectivity index (χ1n) is 9.24. The average Bonchev–Trinajstić information content (AvgIpc) is 3.08. The monoisotopic (exact) mass is 410 g/mol. The number of hydrogen-bond donors (Lipinski definition) is 0. The van der Waals surface area contributed by atoms with Crippen LogP contribution in [-0.2, 0) is 32.6 Å². The quantitative estimate of drug-likeness (QED) is 0.397. The van der Waals surface area contributed by atoms with E-state index in [1.807, 2.05) is 0 Å². The number of fused-ring (bicyclic) bond motifs is 1. The normalized spacial score (nSPS) is 10.6. The van der Waals surface area contributed by atoms with Crippen LogP contribution in [0.5, 0.6) is 0 Å². The van der Waals surface area contributed by atoms with E-state index >= 15 is 0 Å². The smallest absolute Gasteiger partial charge is 0.196 e. The van der Waals surface area contributed by atoms with Crippen molar-refractivity contribution in [2.24, 2.45) is 0 Å². The summed E-state index contributed by atoms with van der Waals surface area (Å²) in [5, 5.41) is 2.72. The summed E-state index contributed by atoms with van der Waals surface area (Å²) in [5.41, 5.74) is 9.06. The summed E-state index contributed by atoms with van der Waals surface area (Å²) >= 11 is 0. The summed E-state index contributed by atoms with van der Waals surface area (Å²) in [6, 6.07) is 13.1. The minimum atomic E-state index is 0. The third kappa shape index (κ3) is 5.04. The topological polar surface area (TPSA) is 0 Å². The number of benzene rings is 1. The van der Waals surface area contributed by atoms with Gasteiger partial charge in [-0.2, -0.15) is 33.9 Å². The van der Waals surface area contributed by atoms with E-state index in [2.05, 4.69) is 84.9 Å². The molecule has 0 aliphatic heterocycles. The maximum absolute atomic E-state index is 2.28. The van der Waals surface area contributed by atoms with Crippen LogP contribution in [0.3, 0.4) is 0 Å². The van der Waals surface area contributed by atoms with E-state index in [4.69, 9.17) is 0 Å². The van der Waals surface area contributed by atoms with Crippen LogP contribution in [-0.4, -0.2) is 0 Å². The van der Waals surface area contributed by atoms with Gasteiger partial charge in [-0.05, 0) is 5.92 Å². The van der Waals surface area contributed by atoms with Crippen molar-refractivity contribution >= 4 is 10.8 Å². The summed E-state index contributed by atoms with van der Waals surface area (Å²) in [6.45, 7) is 15.7. The van der Waals surface area contributed by atoms with E-state index in [0.29, 0.717) is 5.92 Å². The van der Waals surface area contributed by atoms with Gasteiger partial charge in [0.25, 0.3) is 0 Å². The largest absolute Gasteiger partial charge is 2.00 e. The van der Waals surface area contributed by atoms with Crippen LogP contribution in [0.15, 0.2) is 36.4 Å². The fourth-order valence-corrected chi connectivity index (χ4v) is 3.43. The van der Waals surface area contributed by atoms with Crippen molar-refractivity contribution in [1.82, 2.24) is 0 Å². The van der Waals surface area contributed by atoms with Gasteiger partial charge >= 0.3 is 26.2 Å². The van der Waals surface area contributed by atoms with Gasteiger partial charge in [0.15, 0.2) is 0 Å². The molecule has 0 unspecified atom stereocenters. The van der Waals surface area contributed by atoms with Crippen LogP contribution in [0.25, 0.3) is 10.8 Å². The molecule has 0 aromatic heterocycles. The van der Waals surface area contributed by atoms with Crippen molar-refractivity contribution < 1.29 is 26.2 Å². The molecule has 0 bridgehead atoms. The first-order valence-corrected chi connectivity index (χ1v) is 9.24. The van der Waals surface area contributed by atoms with E-state index in [0.717, 1.165) is 0 Å². The zero-order valence-corrected chi connectivity index (χ0v) is 19.4. The van der Waals surface area contributed by atoms with Crippen LogP contribution in [0, 0.1) is 27.7 Å². The second-order valence-corrected chi connectivity index (χ2v) is 7.30. The molecule has 0 amide bonds. The predicted molar refractivity (Wildman–Crippen MR) is 109 cm³/mol. The zero-order chi connectivity index (χ0) is 17.9. The van der Waals surface area contributed by atoms with Crippen LogP contribution >= 0.6 is 0 Å². The molecule has 3 aromatic carbocycles. The molecule has 0 spiro atoms. The number of hydrogen-bond acceptors (Lipinski definition) is 0. The van der Waals surface area contributed by atoms with E-state index in [1.165, 1.54) is 51.4 Å². The minimum Gasteiger partial charge on any atom is -0.196 e. The molecule has 0 nitrogen and oxygen atoms in total. The van der Waals surface area contributed by atoms with Crippen molar-refractivity contribution in [3.8, 4) is 0 Å². The van der Waals surface area contributed by atoms with Gasteiger partial charge in [-0.1, -0.05) is 67.4 Å². The van der Waals surface area contributed by atoms with Crippen molar-refractivity contribution in [2.45, 2.75) is 67.2 Å². The third-order valence-electron chi connectivity index (χ3n) is 5.40. The molecule has 0 radical (unpaired) electrons. The Balaban J connectivity index is 0.000000240. The predicted octanol–water partition coefficient (Wildman–Crippen LogP) is 7.27. The van der Waals surface area contributed by atoms with Crippen molar-refractivity contribution in [3.05, 3.63) is 69.8 Å². The van der Waals surface area contributed by atoms with Gasteiger partial charge in [0.2, 0.25) is 0 Å². The van der Waals surface area contributed by atoms with Crippen LogP contribution in [0.4, 0.5) is 0 Å². The van der Waals surface area contributed by atoms with Crippen LogP contribution < -0.4 is 0 Å². The Morgan fingerprint density at radius 1 is 1.04 bits per heavy atom. The Morgan fingerprint density at radius 2 is 1.68 bits per heavy atom. The van der Waals surface area contributed by atoms with E-state index < -0.39 is 0 Å². The molecule has 0 aliphatic rings. The average molecular weight is 412 g/mol. The molecular formula is C24H32Zr. The van der Waals surface area contributed by atoms with Crippen molar-refractivity contribution in [2.75, 3.05) is 0 Å². The first kappa shape index (κ1) is 22.1. The molecule has 0 fully saturated rings. The molecule has 3 aromatic rings. The van der Waals surface area contributed by atoms with Gasteiger partial charge in [-0.25, -0.2) is 0 Å². The molecule has 0 heterocycles. The maximum Gasteiger partial charge on any atom is 2.00 e. The Morgan fingerprint density at radius 3 is 2.16 bits per heavy atom. The molecule has 25 heavy (non-hydrogen) atoms. The summed E-state index contributed by atoms with van der Waals surface area (Å²) in [6.07, 6.45) is 2.50. The van der Waals surface area contributed by atoms with Gasteiger partial charge in [0.1, 0.15) is 0 Å². The molecule has 1 heteroatoms. The second kappa shape index (κ2) is 9.68. The maximum atomic E-state index is 2.28. The summed E-state index contributed by atoms with van der Waals surface area (Å²) in [7, 11) is 0. The Kier molecular flexibility index (Phi) is 8.56. The molecule has 0 saturated carbocycles. The van der Waals surface area contributed by atoms with Gasteiger partial charge in [0.05, 0.1) is 0 Å². The van der Waals surface area contributed by atoms with Crippen LogP contribution in [0.1, 0.15) is 66.5 Å². The Hall–Kier alpha value is -0.937. The van der Waals surface area contributed by atoms with Crippen LogP contribution in [0.2, 0.25) is 0 Å². The summed E-state index contributed by atoms with van der Waals surface area (Å²) in [5.74, 6) is 0.636. The van der Waals surface area contributed by atoms with E-state index in [-0.39, 0.29) is 26.2 Å². The standard InChI is InChI=1S/C12H13.C12H19.Zr/c1-9(2)12-7-10-5-3-4-6-11(10)8-12;1-6-7-12-10(4)8(2)9(3)11(12)5;/h3-9H,1-2H3;6-7H2,1-5H3;/q2*-1;+2.